The molecule has 0 atom stereocenters. The van der Waals surface area contributed by atoms with Gasteiger partial charge in [-0.05, 0) is 30.5 Å². The van der Waals surface area contributed by atoms with Crippen LogP contribution in [0.1, 0.15) is 36.8 Å². The van der Waals surface area contributed by atoms with Crippen LogP contribution < -0.4 is 10.1 Å². The number of hydrogen-bond donors (Lipinski definition) is 2. The second-order valence-electron chi connectivity index (χ2n) is 5.18. The zero-order valence-corrected chi connectivity index (χ0v) is 11.3. The van der Waals surface area contributed by atoms with Crippen molar-refractivity contribution in [3.8, 4) is 11.8 Å². The summed E-state index contributed by atoms with van der Waals surface area (Å²) in [4.78, 5) is 0. The SMILES string of the molecule is COc1cc(CNCC2(O)CCCC2)ccc1C#N. The van der Waals surface area contributed by atoms with E-state index in [-0.39, 0.29) is 0 Å². The van der Waals surface area contributed by atoms with E-state index in [1.807, 2.05) is 12.1 Å². The summed E-state index contributed by atoms with van der Waals surface area (Å²) in [5.74, 6) is 0.598. The molecule has 19 heavy (non-hydrogen) atoms. The Balaban J connectivity index is 1.91. The Kier molecular flexibility index (Phi) is 4.41. The molecule has 0 aliphatic heterocycles. The molecule has 1 aliphatic rings. The Morgan fingerprint density at radius 1 is 1.42 bits per heavy atom. The zero-order chi connectivity index (χ0) is 13.7. The highest BCUT2D eigenvalue weighted by Crippen LogP contribution is 2.28. The predicted octanol–water partition coefficient (Wildman–Crippen LogP) is 1.96. The van der Waals surface area contributed by atoms with Gasteiger partial charge < -0.3 is 15.2 Å². The van der Waals surface area contributed by atoms with Crippen molar-refractivity contribution in [1.82, 2.24) is 5.32 Å². The largest absolute Gasteiger partial charge is 0.495 e. The number of nitrogens with one attached hydrogen (secondary N) is 1. The van der Waals surface area contributed by atoms with Gasteiger partial charge in [0.05, 0.1) is 18.3 Å². The van der Waals surface area contributed by atoms with Gasteiger partial charge in [0.25, 0.3) is 0 Å². The quantitative estimate of drug-likeness (QED) is 0.849. The summed E-state index contributed by atoms with van der Waals surface area (Å²) in [5, 5.41) is 22.4. The molecule has 4 heteroatoms. The zero-order valence-electron chi connectivity index (χ0n) is 11.3. The van der Waals surface area contributed by atoms with Crippen LogP contribution in [0, 0.1) is 11.3 Å². The first-order chi connectivity index (χ1) is 9.17. The molecule has 1 saturated carbocycles. The third-order valence-corrected chi connectivity index (χ3v) is 3.70. The van der Waals surface area contributed by atoms with Crippen LogP contribution in [0.15, 0.2) is 18.2 Å². The molecule has 0 unspecified atom stereocenters. The lowest BCUT2D eigenvalue weighted by Crippen LogP contribution is -2.37. The average Bonchev–Trinajstić information content (AvgIpc) is 2.85. The van der Waals surface area contributed by atoms with E-state index >= 15 is 0 Å². The van der Waals surface area contributed by atoms with Crippen molar-refractivity contribution < 1.29 is 9.84 Å². The van der Waals surface area contributed by atoms with Crippen LogP contribution in [-0.2, 0) is 6.54 Å². The van der Waals surface area contributed by atoms with Crippen LogP contribution in [-0.4, -0.2) is 24.4 Å². The average molecular weight is 260 g/mol. The summed E-state index contributed by atoms with van der Waals surface area (Å²) in [5.41, 5.74) is 1.06. The summed E-state index contributed by atoms with van der Waals surface area (Å²) in [6.07, 6.45) is 4.00. The second kappa shape index (κ2) is 6.05. The number of hydrogen-bond acceptors (Lipinski definition) is 4. The Hall–Kier alpha value is -1.57. The number of methoxy groups -OCH3 is 1. The third-order valence-electron chi connectivity index (χ3n) is 3.70. The normalized spacial score (nSPS) is 17.1. The monoisotopic (exact) mass is 260 g/mol. The van der Waals surface area contributed by atoms with Gasteiger partial charge in [0.15, 0.2) is 0 Å². The van der Waals surface area contributed by atoms with Gasteiger partial charge in [-0.2, -0.15) is 5.26 Å². The first-order valence-corrected chi connectivity index (χ1v) is 6.67. The van der Waals surface area contributed by atoms with Crippen LogP contribution >= 0.6 is 0 Å². The highest BCUT2D eigenvalue weighted by molar-refractivity contribution is 5.45. The number of aliphatic hydroxyl groups is 1. The molecule has 1 aromatic rings. The molecule has 0 radical (unpaired) electrons. The van der Waals surface area contributed by atoms with Gasteiger partial charge in [-0.25, -0.2) is 0 Å². The van der Waals surface area contributed by atoms with E-state index in [2.05, 4.69) is 11.4 Å². The molecule has 2 N–H and O–H groups in total. The summed E-state index contributed by atoms with van der Waals surface area (Å²) < 4.78 is 5.18. The Labute approximate surface area is 114 Å². The van der Waals surface area contributed by atoms with E-state index in [0.717, 1.165) is 31.2 Å². The van der Waals surface area contributed by atoms with Crippen LogP contribution in [0.25, 0.3) is 0 Å². The maximum Gasteiger partial charge on any atom is 0.136 e. The van der Waals surface area contributed by atoms with Crippen LogP contribution in [0.5, 0.6) is 5.75 Å². The van der Waals surface area contributed by atoms with Gasteiger partial charge in [-0.15, -0.1) is 0 Å². The molecule has 4 nitrogen and oxygen atoms in total. The summed E-state index contributed by atoms with van der Waals surface area (Å²) in [7, 11) is 1.56. The molecular formula is C15H20N2O2. The molecule has 0 spiro atoms. The Morgan fingerprint density at radius 2 is 2.16 bits per heavy atom. The van der Waals surface area contributed by atoms with Gasteiger partial charge in [0, 0.05) is 13.1 Å². The molecule has 0 heterocycles. The number of nitrogens with zero attached hydrogens (tertiary/aromatic N) is 1. The maximum absolute atomic E-state index is 10.2. The highest BCUT2D eigenvalue weighted by atomic mass is 16.5. The van der Waals surface area contributed by atoms with E-state index in [1.165, 1.54) is 0 Å². The highest BCUT2D eigenvalue weighted by Gasteiger charge is 2.30. The predicted molar refractivity (Wildman–Crippen MR) is 72.8 cm³/mol. The van der Waals surface area contributed by atoms with Crippen molar-refractivity contribution in [1.29, 1.82) is 5.26 Å². The van der Waals surface area contributed by atoms with Gasteiger partial charge in [0.2, 0.25) is 0 Å². The first-order valence-electron chi connectivity index (χ1n) is 6.67. The van der Waals surface area contributed by atoms with E-state index in [0.29, 0.717) is 24.4 Å². The standard InChI is InChI=1S/C15H20N2O2/c1-19-14-8-12(4-5-13(14)9-16)10-17-11-15(18)6-2-3-7-15/h4-5,8,17-18H,2-3,6-7,10-11H2,1H3. The lowest BCUT2D eigenvalue weighted by atomic mass is 10.0. The Bertz CT molecular complexity index is 474. The minimum atomic E-state index is -0.531. The van der Waals surface area contributed by atoms with Gasteiger partial charge >= 0.3 is 0 Å². The van der Waals surface area contributed by atoms with E-state index < -0.39 is 5.60 Å². The lowest BCUT2D eigenvalue weighted by molar-refractivity contribution is 0.0475. The first kappa shape index (κ1) is 13.9. The molecular weight excluding hydrogens is 240 g/mol. The fraction of sp³-hybridized carbons (Fsp3) is 0.533. The summed E-state index contributed by atoms with van der Waals surface area (Å²) >= 11 is 0. The Morgan fingerprint density at radius 3 is 2.79 bits per heavy atom. The number of ether oxygens (including phenoxy) is 1. The molecule has 2 rings (SSSR count). The minimum Gasteiger partial charge on any atom is -0.495 e. The topological polar surface area (TPSA) is 65.3 Å². The van der Waals surface area contributed by atoms with Crippen LogP contribution in [0.4, 0.5) is 0 Å². The molecule has 1 aromatic carbocycles. The number of nitriles is 1. The van der Waals surface area contributed by atoms with Crippen LogP contribution in [0.3, 0.4) is 0 Å². The smallest absolute Gasteiger partial charge is 0.136 e. The van der Waals surface area contributed by atoms with Crippen LogP contribution in [0.2, 0.25) is 0 Å². The fourth-order valence-electron chi connectivity index (χ4n) is 2.59. The van der Waals surface area contributed by atoms with Crippen molar-refractivity contribution in [2.45, 2.75) is 37.8 Å². The lowest BCUT2D eigenvalue weighted by Gasteiger charge is -2.22. The molecule has 0 bridgehead atoms. The van der Waals surface area contributed by atoms with Gasteiger partial charge in [-0.1, -0.05) is 18.9 Å². The fourth-order valence-corrected chi connectivity index (χ4v) is 2.59. The van der Waals surface area contributed by atoms with Crippen molar-refractivity contribution in [3.63, 3.8) is 0 Å². The molecule has 0 aromatic heterocycles. The third kappa shape index (κ3) is 3.46. The van der Waals surface area contributed by atoms with E-state index in [9.17, 15) is 5.11 Å². The van der Waals surface area contributed by atoms with Crippen molar-refractivity contribution in [3.05, 3.63) is 29.3 Å². The molecule has 0 amide bonds. The molecule has 1 aliphatic carbocycles. The van der Waals surface area contributed by atoms with Gasteiger partial charge in [-0.3, -0.25) is 0 Å². The second-order valence-corrected chi connectivity index (χ2v) is 5.18. The minimum absolute atomic E-state index is 0.531. The van der Waals surface area contributed by atoms with Gasteiger partial charge in [0.1, 0.15) is 11.8 Å². The maximum atomic E-state index is 10.2. The van der Waals surface area contributed by atoms with Crippen molar-refractivity contribution in [2.75, 3.05) is 13.7 Å². The van der Waals surface area contributed by atoms with Crippen molar-refractivity contribution in [2.24, 2.45) is 0 Å². The number of benzene rings is 1. The van der Waals surface area contributed by atoms with Crippen molar-refractivity contribution >= 4 is 0 Å². The van der Waals surface area contributed by atoms with E-state index in [1.54, 1.807) is 13.2 Å². The summed E-state index contributed by atoms with van der Waals surface area (Å²) in [6, 6.07) is 7.63. The molecule has 102 valence electrons. The number of rotatable bonds is 5. The molecule has 1 fully saturated rings. The summed E-state index contributed by atoms with van der Waals surface area (Å²) in [6.45, 7) is 1.29. The van der Waals surface area contributed by atoms with E-state index in [4.69, 9.17) is 10.00 Å². The molecule has 0 saturated heterocycles.